The van der Waals surface area contributed by atoms with Gasteiger partial charge >= 0.3 is 5.97 Å². The summed E-state index contributed by atoms with van der Waals surface area (Å²) in [4.78, 5) is 10.4. The summed E-state index contributed by atoms with van der Waals surface area (Å²) in [7, 11) is 0. The van der Waals surface area contributed by atoms with Crippen LogP contribution in [0.15, 0.2) is 54.6 Å². The van der Waals surface area contributed by atoms with Gasteiger partial charge in [0.25, 0.3) is 0 Å². The zero-order valence-electron chi connectivity index (χ0n) is 16.4. The number of aliphatic carboxylic acids is 1. The molecule has 0 radical (unpaired) electrons. The van der Waals surface area contributed by atoms with Gasteiger partial charge in [-0.3, -0.25) is 4.79 Å². The lowest BCUT2D eigenvalue weighted by Crippen LogP contribution is -2.19. The van der Waals surface area contributed by atoms with E-state index >= 15 is 0 Å². The molecular weight excluding hydrogens is 374 g/mol. The van der Waals surface area contributed by atoms with Crippen LogP contribution in [0.4, 0.5) is 0 Å². The van der Waals surface area contributed by atoms with Crippen molar-refractivity contribution in [2.24, 2.45) is 0 Å². The van der Waals surface area contributed by atoms with E-state index in [1.807, 2.05) is 12.1 Å². The Morgan fingerprint density at radius 1 is 0.821 bits per heavy atom. The van der Waals surface area contributed by atoms with Crippen molar-refractivity contribution >= 4 is 18.4 Å². The fourth-order valence-corrected chi connectivity index (χ4v) is 2.93. The van der Waals surface area contributed by atoms with Crippen molar-refractivity contribution < 1.29 is 14.6 Å². The zero-order valence-corrected chi connectivity index (χ0v) is 17.3. The van der Waals surface area contributed by atoms with Gasteiger partial charge in [0.05, 0.1) is 13.0 Å². The quantitative estimate of drug-likeness (QED) is 0.439. The Morgan fingerprint density at radius 2 is 1.50 bits per heavy atom. The van der Waals surface area contributed by atoms with Crippen LogP contribution in [-0.4, -0.2) is 30.8 Å². The maximum absolute atomic E-state index is 10.4. The first-order chi connectivity index (χ1) is 13.2. The second kappa shape index (κ2) is 14.9. The molecule has 0 unspecified atom stereocenters. The van der Waals surface area contributed by atoms with Crippen molar-refractivity contribution in [3.63, 3.8) is 0 Å². The van der Waals surface area contributed by atoms with E-state index in [0.29, 0.717) is 6.54 Å². The number of halogens is 1. The standard InChI is InChI=1S/C23H31NO3.ClH/c25-23(26)16-18-24-17-7-11-21-12-14-22(15-13-21)27-19-6-2-5-10-20-8-3-1-4-9-20;/h1,3-4,8-9,12-15,24H,2,5-7,10-11,16-19H2,(H,25,26);1H. The van der Waals surface area contributed by atoms with Crippen LogP contribution in [0.25, 0.3) is 0 Å². The number of hydrogen-bond donors (Lipinski definition) is 2. The minimum Gasteiger partial charge on any atom is -0.494 e. The molecule has 0 aliphatic carbocycles. The Hall–Kier alpha value is -2.04. The molecule has 4 nitrogen and oxygen atoms in total. The van der Waals surface area contributed by atoms with E-state index in [0.717, 1.165) is 44.6 Å². The van der Waals surface area contributed by atoms with E-state index in [1.54, 1.807) is 0 Å². The van der Waals surface area contributed by atoms with Crippen molar-refractivity contribution in [2.75, 3.05) is 19.7 Å². The number of carboxylic acid groups (broad SMARTS) is 1. The molecule has 0 aliphatic heterocycles. The Balaban J connectivity index is 0.00000392. The summed E-state index contributed by atoms with van der Waals surface area (Å²) < 4.78 is 5.83. The monoisotopic (exact) mass is 405 g/mol. The lowest BCUT2D eigenvalue weighted by Gasteiger charge is -2.08. The normalized spacial score (nSPS) is 10.3. The molecule has 0 amide bonds. The van der Waals surface area contributed by atoms with E-state index in [4.69, 9.17) is 9.84 Å². The first kappa shape index (κ1) is 24.0. The summed E-state index contributed by atoms with van der Waals surface area (Å²) in [5.74, 6) is 0.177. The summed E-state index contributed by atoms with van der Waals surface area (Å²) in [5.41, 5.74) is 2.69. The third-order valence-corrected chi connectivity index (χ3v) is 4.48. The van der Waals surface area contributed by atoms with Crippen molar-refractivity contribution in [3.05, 3.63) is 65.7 Å². The van der Waals surface area contributed by atoms with Crippen molar-refractivity contribution in [2.45, 2.75) is 44.9 Å². The molecule has 0 aromatic heterocycles. The number of hydrogen-bond acceptors (Lipinski definition) is 3. The molecule has 0 saturated carbocycles. The van der Waals surface area contributed by atoms with Crippen LogP contribution >= 0.6 is 12.4 Å². The van der Waals surface area contributed by atoms with Crippen LogP contribution in [0.5, 0.6) is 5.75 Å². The highest BCUT2D eigenvalue weighted by molar-refractivity contribution is 5.85. The van der Waals surface area contributed by atoms with Gasteiger partial charge in [0.15, 0.2) is 0 Å². The Bertz CT molecular complexity index is 647. The van der Waals surface area contributed by atoms with Crippen LogP contribution in [-0.2, 0) is 17.6 Å². The van der Waals surface area contributed by atoms with Crippen LogP contribution in [0.2, 0.25) is 0 Å². The molecule has 2 rings (SSSR count). The number of ether oxygens (including phenoxy) is 1. The number of unbranched alkanes of at least 4 members (excludes halogenated alkanes) is 2. The molecule has 154 valence electrons. The summed E-state index contributed by atoms with van der Waals surface area (Å²) in [5, 5.41) is 11.7. The zero-order chi connectivity index (χ0) is 19.2. The highest BCUT2D eigenvalue weighted by atomic mass is 35.5. The summed E-state index contributed by atoms with van der Waals surface area (Å²) in [6.45, 7) is 2.14. The number of benzene rings is 2. The summed E-state index contributed by atoms with van der Waals surface area (Å²) in [6.07, 6.45) is 6.77. The first-order valence-electron chi connectivity index (χ1n) is 9.92. The second-order valence-corrected chi connectivity index (χ2v) is 6.79. The van der Waals surface area contributed by atoms with Gasteiger partial charge in [-0.1, -0.05) is 42.5 Å². The number of nitrogens with one attached hydrogen (secondary N) is 1. The number of rotatable bonds is 14. The maximum atomic E-state index is 10.4. The fourth-order valence-electron chi connectivity index (χ4n) is 2.93. The van der Waals surface area contributed by atoms with Crippen LogP contribution in [0.3, 0.4) is 0 Å². The third kappa shape index (κ3) is 11.0. The SMILES string of the molecule is Cl.O=C(O)CCNCCCc1ccc(OCCCCCc2ccccc2)cc1. The Labute approximate surface area is 174 Å². The molecular formula is C23H32ClNO3. The summed E-state index contributed by atoms with van der Waals surface area (Å²) >= 11 is 0. The molecule has 0 spiro atoms. The molecule has 0 fully saturated rings. The molecule has 0 bridgehead atoms. The van der Waals surface area contributed by atoms with E-state index in [-0.39, 0.29) is 18.8 Å². The van der Waals surface area contributed by atoms with E-state index in [2.05, 4.69) is 47.8 Å². The molecule has 2 aromatic carbocycles. The van der Waals surface area contributed by atoms with Crippen molar-refractivity contribution in [1.29, 1.82) is 0 Å². The van der Waals surface area contributed by atoms with Crippen molar-refractivity contribution in [1.82, 2.24) is 5.32 Å². The topological polar surface area (TPSA) is 58.6 Å². The Kier molecular flexibility index (Phi) is 12.8. The van der Waals surface area contributed by atoms with Gasteiger partial charge in [0.2, 0.25) is 0 Å². The highest BCUT2D eigenvalue weighted by Gasteiger charge is 1.99. The lowest BCUT2D eigenvalue weighted by molar-refractivity contribution is -0.136. The van der Waals surface area contributed by atoms with Gasteiger partial charge in [0, 0.05) is 6.54 Å². The molecule has 0 aliphatic rings. The lowest BCUT2D eigenvalue weighted by atomic mass is 10.1. The average Bonchev–Trinajstić information content (AvgIpc) is 2.69. The van der Waals surface area contributed by atoms with E-state index < -0.39 is 5.97 Å². The van der Waals surface area contributed by atoms with Gasteiger partial charge in [-0.15, -0.1) is 12.4 Å². The first-order valence-corrected chi connectivity index (χ1v) is 9.92. The van der Waals surface area contributed by atoms with Gasteiger partial charge in [-0.25, -0.2) is 0 Å². The van der Waals surface area contributed by atoms with Gasteiger partial charge < -0.3 is 15.2 Å². The van der Waals surface area contributed by atoms with Crippen molar-refractivity contribution in [3.8, 4) is 5.75 Å². The van der Waals surface area contributed by atoms with Gasteiger partial charge in [-0.2, -0.15) is 0 Å². The van der Waals surface area contributed by atoms with Crippen LogP contribution in [0, 0.1) is 0 Å². The molecule has 28 heavy (non-hydrogen) atoms. The maximum Gasteiger partial charge on any atom is 0.304 e. The fraction of sp³-hybridized carbons (Fsp3) is 0.435. The third-order valence-electron chi connectivity index (χ3n) is 4.48. The number of aryl methyl sites for hydroxylation is 2. The Morgan fingerprint density at radius 3 is 2.21 bits per heavy atom. The largest absolute Gasteiger partial charge is 0.494 e. The smallest absolute Gasteiger partial charge is 0.304 e. The minimum absolute atomic E-state index is 0. The minimum atomic E-state index is -0.755. The van der Waals surface area contributed by atoms with E-state index in [1.165, 1.54) is 24.0 Å². The van der Waals surface area contributed by atoms with Gasteiger partial charge in [-0.05, 0) is 68.3 Å². The highest BCUT2D eigenvalue weighted by Crippen LogP contribution is 2.14. The molecule has 0 saturated heterocycles. The predicted octanol–water partition coefficient (Wildman–Crippen LogP) is 4.90. The molecule has 0 atom stereocenters. The average molecular weight is 406 g/mol. The molecule has 2 N–H and O–H groups in total. The van der Waals surface area contributed by atoms with Gasteiger partial charge in [0.1, 0.15) is 5.75 Å². The number of carboxylic acids is 1. The number of carbonyl (C=O) groups is 1. The molecule has 0 heterocycles. The summed E-state index contributed by atoms with van der Waals surface area (Å²) in [6, 6.07) is 18.9. The van der Waals surface area contributed by atoms with E-state index in [9.17, 15) is 4.79 Å². The van der Waals surface area contributed by atoms with Crippen LogP contribution < -0.4 is 10.1 Å². The van der Waals surface area contributed by atoms with Crippen LogP contribution in [0.1, 0.15) is 43.2 Å². The molecule has 5 heteroatoms. The molecule has 2 aromatic rings. The second-order valence-electron chi connectivity index (χ2n) is 6.79. The predicted molar refractivity (Wildman–Crippen MR) is 117 cm³/mol.